The molecule has 20 heavy (non-hydrogen) atoms. The van der Waals surface area contributed by atoms with Crippen LogP contribution in [0.15, 0.2) is 12.1 Å². The van der Waals surface area contributed by atoms with E-state index in [0.29, 0.717) is 24.6 Å². The lowest BCUT2D eigenvalue weighted by Crippen LogP contribution is -2.53. The van der Waals surface area contributed by atoms with Crippen LogP contribution in [0.5, 0.6) is 0 Å². The van der Waals surface area contributed by atoms with E-state index in [9.17, 15) is 8.42 Å². The maximum atomic E-state index is 12.0. The van der Waals surface area contributed by atoms with Crippen LogP contribution in [0.1, 0.15) is 19.7 Å². The molecule has 3 rings (SSSR count). The van der Waals surface area contributed by atoms with Crippen LogP contribution in [0.25, 0.3) is 5.65 Å². The molecule has 0 bridgehead atoms. The van der Waals surface area contributed by atoms with Crippen molar-refractivity contribution in [3.63, 3.8) is 0 Å². The van der Waals surface area contributed by atoms with E-state index in [2.05, 4.69) is 15.3 Å². The molecule has 2 aromatic heterocycles. The highest BCUT2D eigenvalue weighted by atomic mass is 32.2. The van der Waals surface area contributed by atoms with Crippen LogP contribution < -0.4 is 4.90 Å². The Morgan fingerprint density at radius 2 is 2.00 bits per heavy atom. The molecule has 2 aromatic rings. The standard InChI is InChI=1S/C12H17N5O2S/c1-9-13-14-10-4-5-11(15-17(9)10)16-6-7-20(18,19)12(2,3)8-16/h4-5H,6-8H2,1-3H3. The molecular weight excluding hydrogens is 278 g/mol. The third-order valence-corrected chi connectivity index (χ3v) is 6.31. The van der Waals surface area contributed by atoms with Gasteiger partial charge in [0.15, 0.2) is 21.3 Å². The molecule has 0 spiro atoms. The van der Waals surface area contributed by atoms with Gasteiger partial charge in [0.2, 0.25) is 0 Å². The summed E-state index contributed by atoms with van der Waals surface area (Å²) in [5.41, 5.74) is 0.690. The SMILES string of the molecule is Cc1nnc2ccc(N3CCS(=O)(=O)C(C)(C)C3)nn12. The molecule has 0 unspecified atom stereocenters. The summed E-state index contributed by atoms with van der Waals surface area (Å²) in [6, 6.07) is 3.70. The van der Waals surface area contributed by atoms with E-state index >= 15 is 0 Å². The number of anilines is 1. The Hall–Kier alpha value is -1.70. The van der Waals surface area contributed by atoms with Crippen LogP contribution >= 0.6 is 0 Å². The van der Waals surface area contributed by atoms with Crippen LogP contribution in [0.3, 0.4) is 0 Å². The Morgan fingerprint density at radius 3 is 2.70 bits per heavy atom. The monoisotopic (exact) mass is 295 g/mol. The van der Waals surface area contributed by atoms with Gasteiger partial charge in [-0.15, -0.1) is 15.3 Å². The molecule has 0 N–H and O–H groups in total. The zero-order valence-corrected chi connectivity index (χ0v) is 12.6. The molecule has 1 fully saturated rings. The van der Waals surface area contributed by atoms with Crippen molar-refractivity contribution in [2.24, 2.45) is 0 Å². The van der Waals surface area contributed by atoms with Gasteiger partial charge in [0.05, 0.1) is 10.5 Å². The highest BCUT2D eigenvalue weighted by molar-refractivity contribution is 7.92. The smallest absolute Gasteiger partial charge is 0.178 e. The minimum absolute atomic E-state index is 0.154. The first-order chi connectivity index (χ1) is 9.30. The second kappa shape index (κ2) is 4.15. The topological polar surface area (TPSA) is 80.5 Å². The Morgan fingerprint density at radius 1 is 1.25 bits per heavy atom. The van der Waals surface area contributed by atoms with Crippen LogP contribution in [-0.4, -0.2) is 51.8 Å². The first-order valence-electron chi connectivity index (χ1n) is 6.46. The van der Waals surface area contributed by atoms with Gasteiger partial charge < -0.3 is 4.90 Å². The van der Waals surface area contributed by atoms with Gasteiger partial charge in [-0.25, -0.2) is 8.42 Å². The van der Waals surface area contributed by atoms with Gasteiger partial charge in [0.1, 0.15) is 5.82 Å². The van der Waals surface area contributed by atoms with Crippen LogP contribution in [0, 0.1) is 6.92 Å². The normalized spacial score (nSPS) is 21.2. The largest absolute Gasteiger partial charge is 0.353 e. The molecule has 1 aliphatic heterocycles. The average Bonchev–Trinajstić information content (AvgIpc) is 2.74. The highest BCUT2D eigenvalue weighted by Gasteiger charge is 2.40. The summed E-state index contributed by atoms with van der Waals surface area (Å²) >= 11 is 0. The highest BCUT2D eigenvalue weighted by Crippen LogP contribution is 2.26. The summed E-state index contributed by atoms with van der Waals surface area (Å²) in [7, 11) is -3.04. The fourth-order valence-electron chi connectivity index (χ4n) is 2.39. The molecule has 0 aromatic carbocycles. The molecule has 7 nitrogen and oxygen atoms in total. The van der Waals surface area contributed by atoms with Gasteiger partial charge >= 0.3 is 0 Å². The molecule has 0 aliphatic carbocycles. The number of fused-ring (bicyclic) bond motifs is 1. The summed E-state index contributed by atoms with van der Waals surface area (Å²) in [6.07, 6.45) is 0. The molecule has 1 aliphatic rings. The first kappa shape index (κ1) is 13.3. The second-order valence-electron chi connectivity index (χ2n) is 5.71. The van der Waals surface area contributed by atoms with Crippen molar-refractivity contribution in [2.45, 2.75) is 25.5 Å². The van der Waals surface area contributed by atoms with Crippen LogP contribution in [-0.2, 0) is 9.84 Å². The van der Waals surface area contributed by atoms with Crippen LogP contribution in [0.4, 0.5) is 5.82 Å². The van der Waals surface area contributed by atoms with E-state index in [4.69, 9.17) is 0 Å². The minimum atomic E-state index is -3.04. The number of aryl methyl sites for hydroxylation is 1. The Kier molecular flexibility index (Phi) is 2.75. The summed E-state index contributed by atoms with van der Waals surface area (Å²) in [5.74, 6) is 1.62. The van der Waals surface area contributed by atoms with Gasteiger partial charge in [-0.3, -0.25) is 0 Å². The fraction of sp³-hybridized carbons (Fsp3) is 0.583. The third kappa shape index (κ3) is 1.94. The molecular formula is C12H17N5O2S. The summed E-state index contributed by atoms with van der Waals surface area (Å²) in [4.78, 5) is 2.00. The van der Waals surface area contributed by atoms with E-state index in [1.165, 1.54) is 0 Å². The zero-order valence-electron chi connectivity index (χ0n) is 11.7. The van der Waals surface area contributed by atoms with E-state index in [0.717, 1.165) is 5.82 Å². The van der Waals surface area contributed by atoms with Crippen LogP contribution in [0.2, 0.25) is 0 Å². The molecule has 108 valence electrons. The molecule has 0 atom stereocenters. The average molecular weight is 295 g/mol. The Bertz CT molecular complexity index is 765. The maximum absolute atomic E-state index is 12.0. The first-order valence-corrected chi connectivity index (χ1v) is 8.12. The number of hydrogen-bond donors (Lipinski definition) is 0. The molecule has 3 heterocycles. The number of nitrogens with zero attached hydrogens (tertiary/aromatic N) is 5. The third-order valence-electron chi connectivity index (χ3n) is 3.77. The predicted octanol–water partition coefficient (Wildman–Crippen LogP) is 0.446. The molecule has 0 saturated carbocycles. The molecule has 0 radical (unpaired) electrons. The quantitative estimate of drug-likeness (QED) is 0.759. The van der Waals surface area contributed by atoms with Gasteiger partial charge in [0, 0.05) is 13.1 Å². The van der Waals surface area contributed by atoms with Gasteiger partial charge in [-0.05, 0) is 32.9 Å². The lowest BCUT2D eigenvalue weighted by Gasteiger charge is -2.38. The van der Waals surface area contributed by atoms with Crippen molar-refractivity contribution < 1.29 is 8.42 Å². The van der Waals surface area contributed by atoms with E-state index < -0.39 is 14.6 Å². The van der Waals surface area contributed by atoms with Gasteiger partial charge in [-0.1, -0.05) is 0 Å². The van der Waals surface area contributed by atoms with Gasteiger partial charge in [-0.2, -0.15) is 4.52 Å². The molecule has 1 saturated heterocycles. The van der Waals surface area contributed by atoms with Crippen molar-refractivity contribution in [2.75, 3.05) is 23.7 Å². The Balaban J connectivity index is 1.98. The minimum Gasteiger partial charge on any atom is -0.353 e. The van der Waals surface area contributed by atoms with Crippen molar-refractivity contribution >= 4 is 21.3 Å². The van der Waals surface area contributed by atoms with E-state index in [-0.39, 0.29) is 5.75 Å². The molecule has 0 amide bonds. The van der Waals surface area contributed by atoms with Gasteiger partial charge in [0.25, 0.3) is 0 Å². The lowest BCUT2D eigenvalue weighted by atomic mass is 10.2. The summed E-state index contributed by atoms with van der Waals surface area (Å²) in [5, 5.41) is 12.5. The van der Waals surface area contributed by atoms with Crippen molar-refractivity contribution in [3.05, 3.63) is 18.0 Å². The van der Waals surface area contributed by atoms with E-state index in [1.807, 2.05) is 24.0 Å². The fourth-order valence-corrected chi connectivity index (χ4v) is 3.76. The molecule has 8 heteroatoms. The second-order valence-corrected chi connectivity index (χ2v) is 8.45. The number of sulfone groups is 1. The van der Waals surface area contributed by atoms with E-state index in [1.54, 1.807) is 18.4 Å². The number of hydrogen-bond acceptors (Lipinski definition) is 6. The number of rotatable bonds is 1. The zero-order chi connectivity index (χ0) is 14.5. The summed E-state index contributed by atoms with van der Waals surface area (Å²) < 4.78 is 25.0. The lowest BCUT2D eigenvalue weighted by molar-refractivity contribution is 0.520. The van der Waals surface area contributed by atoms with Crippen molar-refractivity contribution in [1.29, 1.82) is 0 Å². The predicted molar refractivity (Wildman–Crippen MR) is 75.6 cm³/mol. The maximum Gasteiger partial charge on any atom is 0.178 e. The van der Waals surface area contributed by atoms with Crippen molar-refractivity contribution in [1.82, 2.24) is 19.8 Å². The van der Waals surface area contributed by atoms with Crippen molar-refractivity contribution in [3.8, 4) is 0 Å². The summed E-state index contributed by atoms with van der Waals surface area (Å²) in [6.45, 7) is 6.26. The number of aromatic nitrogens is 4. The Labute approximate surface area is 117 Å².